The van der Waals surface area contributed by atoms with Crippen LogP contribution in [0.15, 0.2) is 231 Å². The lowest BCUT2D eigenvalue weighted by atomic mass is 9.68. The molecule has 2 nitrogen and oxygen atoms in total. The van der Waals surface area contributed by atoms with E-state index in [-0.39, 0.29) is 0 Å². The molecule has 0 saturated heterocycles. The summed E-state index contributed by atoms with van der Waals surface area (Å²) in [6.07, 6.45) is 5.67. The first kappa shape index (κ1) is 38.8. The molecule has 0 heterocycles. The van der Waals surface area contributed by atoms with E-state index in [0.29, 0.717) is 0 Å². The summed E-state index contributed by atoms with van der Waals surface area (Å²) in [5.74, 6) is 3.38. The Morgan fingerprint density at radius 2 is 0.818 bits per heavy atom. The molecule has 0 radical (unpaired) electrons. The highest BCUT2D eigenvalue weighted by atomic mass is 15.1. The average Bonchev–Trinajstić information content (AvgIpc) is 3.63. The Labute approximate surface area is 388 Å². The van der Waals surface area contributed by atoms with Gasteiger partial charge in [0.2, 0.25) is 0 Å². The highest BCUT2D eigenvalue weighted by molar-refractivity contribution is 5.99. The molecule has 2 heteroatoms. The Morgan fingerprint density at radius 3 is 1.48 bits per heavy atom. The van der Waals surface area contributed by atoms with E-state index >= 15 is 0 Å². The lowest BCUT2D eigenvalue weighted by Gasteiger charge is -2.36. The highest BCUT2D eigenvalue weighted by Gasteiger charge is 2.46. The van der Waals surface area contributed by atoms with Gasteiger partial charge in [0.25, 0.3) is 0 Å². The molecule has 4 unspecified atom stereocenters. The van der Waals surface area contributed by atoms with E-state index in [1.807, 2.05) is 0 Å². The summed E-state index contributed by atoms with van der Waals surface area (Å²) >= 11 is 0. The fraction of sp³-hybridized carbons (Fsp3) is 0.125. The lowest BCUT2D eigenvalue weighted by molar-refractivity contribution is 0.296. The van der Waals surface area contributed by atoms with E-state index in [0.717, 1.165) is 52.1 Å². The quantitative estimate of drug-likeness (QED) is 0.143. The van der Waals surface area contributed by atoms with Crippen molar-refractivity contribution in [1.29, 1.82) is 0 Å². The molecule has 0 aliphatic heterocycles. The normalized spacial score (nSPS) is 18.1. The second kappa shape index (κ2) is 16.1. The molecule has 0 amide bonds. The van der Waals surface area contributed by atoms with E-state index < -0.39 is 0 Å². The van der Waals surface area contributed by atoms with Crippen molar-refractivity contribution in [3.63, 3.8) is 0 Å². The first-order valence-electron chi connectivity index (χ1n) is 23.8. The third-order valence-electron chi connectivity index (χ3n) is 15.2. The Balaban J connectivity index is 0.827. The predicted octanol–water partition coefficient (Wildman–Crippen LogP) is 17.9. The largest absolute Gasteiger partial charge is 0.310 e. The van der Waals surface area contributed by atoms with Gasteiger partial charge in [-0.3, -0.25) is 0 Å². The van der Waals surface area contributed by atoms with E-state index in [2.05, 4.69) is 240 Å². The van der Waals surface area contributed by atoms with Crippen LogP contribution < -0.4 is 9.80 Å². The van der Waals surface area contributed by atoms with Crippen LogP contribution in [-0.4, -0.2) is 0 Å². The van der Waals surface area contributed by atoms with Gasteiger partial charge in [0.1, 0.15) is 0 Å². The van der Waals surface area contributed by atoms with Crippen LogP contribution in [0.5, 0.6) is 0 Å². The van der Waals surface area contributed by atoms with Gasteiger partial charge in [0, 0.05) is 33.8 Å². The van der Waals surface area contributed by atoms with Gasteiger partial charge >= 0.3 is 0 Å². The molecule has 3 aliphatic rings. The summed E-state index contributed by atoms with van der Waals surface area (Å²) in [4.78, 5) is 4.78. The zero-order chi connectivity index (χ0) is 43.6. The van der Waals surface area contributed by atoms with Crippen LogP contribution in [0.25, 0.3) is 54.9 Å². The van der Waals surface area contributed by atoms with Crippen molar-refractivity contribution in [3.05, 3.63) is 242 Å². The molecule has 13 rings (SSSR count). The van der Waals surface area contributed by atoms with Crippen LogP contribution in [-0.2, 0) is 0 Å². The third-order valence-corrected chi connectivity index (χ3v) is 15.2. The van der Waals surface area contributed by atoms with Crippen LogP contribution in [0, 0.1) is 11.8 Å². The van der Waals surface area contributed by atoms with Gasteiger partial charge in [0.15, 0.2) is 0 Å². The zero-order valence-corrected chi connectivity index (χ0v) is 37.0. The molecule has 0 spiro atoms. The van der Waals surface area contributed by atoms with Crippen molar-refractivity contribution in [3.8, 4) is 33.4 Å². The molecule has 66 heavy (non-hydrogen) atoms. The monoisotopic (exact) mass is 846 g/mol. The van der Waals surface area contributed by atoms with Crippen LogP contribution in [0.2, 0.25) is 0 Å². The summed E-state index contributed by atoms with van der Waals surface area (Å²) in [7, 11) is 0. The predicted molar refractivity (Wildman–Crippen MR) is 278 cm³/mol. The van der Waals surface area contributed by atoms with Crippen LogP contribution in [0.4, 0.5) is 34.1 Å². The fourth-order valence-corrected chi connectivity index (χ4v) is 12.1. The number of fused-ring (bicyclic) bond motifs is 7. The van der Waals surface area contributed by atoms with Crippen molar-refractivity contribution >= 4 is 55.7 Å². The van der Waals surface area contributed by atoms with Crippen LogP contribution in [0.3, 0.4) is 0 Å². The van der Waals surface area contributed by atoms with Crippen molar-refractivity contribution in [2.75, 3.05) is 9.80 Å². The standard InChI is InChI=1S/C64H50N2/c1-2-9-44(10-3-1)46-17-27-55(28-18-46)65(59-35-25-45-11-4-5-13-51(45)41-59)56-29-19-47(20-30-56)48-21-31-57(32-22-48)66(64-16-8-14-50-12-6-7-15-61(50)64)58-33-23-49(24-34-58)52-26-36-60-53-37-43-38-54(40-53)62(39-43)63(60)42-52/h1-36,41-43,53-54,62H,37-40H2. The number of hydrogen-bond donors (Lipinski definition) is 0. The molecule has 3 bridgehead atoms. The van der Waals surface area contributed by atoms with Crippen molar-refractivity contribution in [1.82, 2.24) is 0 Å². The summed E-state index contributed by atoms with van der Waals surface area (Å²) in [5, 5.41) is 4.92. The summed E-state index contributed by atoms with van der Waals surface area (Å²) in [5.41, 5.74) is 17.5. The molecular formula is C64H50N2. The Morgan fingerprint density at radius 1 is 0.303 bits per heavy atom. The third kappa shape index (κ3) is 6.88. The average molecular weight is 847 g/mol. The summed E-state index contributed by atoms with van der Waals surface area (Å²) in [6, 6.07) is 85.1. The molecule has 2 fully saturated rings. The highest BCUT2D eigenvalue weighted by Crippen LogP contribution is 2.60. The molecule has 3 aliphatic carbocycles. The molecule has 2 saturated carbocycles. The SMILES string of the molecule is c1ccc(-c2ccc(N(c3ccc(-c4ccc(N(c5ccc(-c6ccc7c(c6)C6CC8CC7CC6C8)cc5)c5cccc6ccccc56)cc4)cc3)c3ccc4ccccc4c3)cc2)cc1. The molecule has 316 valence electrons. The van der Waals surface area contributed by atoms with Crippen LogP contribution >= 0.6 is 0 Å². The van der Waals surface area contributed by atoms with Gasteiger partial charge < -0.3 is 9.80 Å². The number of anilines is 6. The van der Waals surface area contributed by atoms with Crippen molar-refractivity contribution in [2.24, 2.45) is 11.8 Å². The van der Waals surface area contributed by atoms with Gasteiger partial charge in [0.05, 0.1) is 5.69 Å². The number of nitrogens with zero attached hydrogens (tertiary/aromatic N) is 2. The molecule has 10 aromatic carbocycles. The van der Waals surface area contributed by atoms with Crippen molar-refractivity contribution < 1.29 is 0 Å². The maximum absolute atomic E-state index is 2.56. The lowest BCUT2D eigenvalue weighted by Crippen LogP contribution is -2.22. The van der Waals surface area contributed by atoms with E-state index in [1.165, 1.54) is 86.3 Å². The molecule has 0 N–H and O–H groups in total. The minimum Gasteiger partial charge on any atom is -0.310 e. The van der Waals surface area contributed by atoms with Crippen LogP contribution in [0.1, 0.15) is 48.6 Å². The van der Waals surface area contributed by atoms with Gasteiger partial charge in [-0.15, -0.1) is 0 Å². The molecule has 0 aromatic heterocycles. The summed E-state index contributed by atoms with van der Waals surface area (Å²) in [6.45, 7) is 0. The first-order valence-corrected chi connectivity index (χ1v) is 23.8. The second-order valence-corrected chi connectivity index (χ2v) is 19.0. The van der Waals surface area contributed by atoms with E-state index in [9.17, 15) is 0 Å². The number of benzene rings is 10. The Hall–Kier alpha value is -7.68. The molecule has 4 atom stereocenters. The smallest absolute Gasteiger partial charge is 0.0540 e. The second-order valence-electron chi connectivity index (χ2n) is 19.0. The zero-order valence-electron chi connectivity index (χ0n) is 37.0. The molecule has 10 aromatic rings. The van der Waals surface area contributed by atoms with E-state index in [4.69, 9.17) is 0 Å². The van der Waals surface area contributed by atoms with Gasteiger partial charge in [-0.25, -0.2) is 0 Å². The minimum atomic E-state index is 0.763. The Bertz CT molecular complexity index is 3360. The van der Waals surface area contributed by atoms with E-state index in [1.54, 1.807) is 11.1 Å². The number of hydrogen-bond acceptors (Lipinski definition) is 2. The topological polar surface area (TPSA) is 6.48 Å². The van der Waals surface area contributed by atoms with Gasteiger partial charge in [-0.05, 0) is 177 Å². The Kier molecular flexibility index (Phi) is 9.44. The summed E-state index contributed by atoms with van der Waals surface area (Å²) < 4.78 is 0. The first-order chi connectivity index (χ1) is 32.7. The molecular weight excluding hydrogens is 797 g/mol. The van der Waals surface area contributed by atoms with Gasteiger partial charge in [-0.1, -0.05) is 164 Å². The number of rotatable bonds is 9. The maximum atomic E-state index is 2.56. The van der Waals surface area contributed by atoms with Gasteiger partial charge in [-0.2, -0.15) is 0 Å². The maximum Gasteiger partial charge on any atom is 0.0540 e. The minimum absolute atomic E-state index is 0.763. The van der Waals surface area contributed by atoms with Crippen molar-refractivity contribution in [2.45, 2.75) is 37.5 Å². The fourth-order valence-electron chi connectivity index (χ4n) is 12.1.